The number of likely N-dealkylation sites (tertiary alicyclic amines) is 1. The van der Waals surface area contributed by atoms with Crippen LogP contribution in [0.2, 0.25) is 0 Å². The Hall–Kier alpha value is -3.28. The summed E-state index contributed by atoms with van der Waals surface area (Å²) in [5, 5.41) is 4.08. The number of benzene rings is 2. The number of hydrogen-bond donors (Lipinski definition) is 1. The van der Waals surface area contributed by atoms with Crippen LogP contribution in [0.25, 0.3) is 11.0 Å². The van der Waals surface area contributed by atoms with Gasteiger partial charge in [-0.25, -0.2) is 0 Å². The molecule has 2 heterocycles. The second-order valence-electron chi connectivity index (χ2n) is 7.67. The molecule has 1 atom stereocenters. The molecule has 1 aliphatic heterocycles. The van der Waals surface area contributed by atoms with E-state index in [1.54, 1.807) is 4.90 Å². The fourth-order valence-electron chi connectivity index (χ4n) is 3.76. The molecule has 6 heteroatoms. The minimum Gasteiger partial charge on any atom is -0.484 e. The second kappa shape index (κ2) is 9.03. The Bertz CT molecular complexity index is 973. The minimum atomic E-state index is -0.205. The van der Waals surface area contributed by atoms with E-state index < -0.39 is 0 Å². The van der Waals surface area contributed by atoms with Gasteiger partial charge in [0.25, 0.3) is 5.91 Å². The zero-order chi connectivity index (χ0) is 20.9. The van der Waals surface area contributed by atoms with Gasteiger partial charge in [0.2, 0.25) is 5.91 Å². The molecule has 2 aromatic carbocycles. The molecule has 30 heavy (non-hydrogen) atoms. The first-order valence-corrected chi connectivity index (χ1v) is 10.3. The normalized spacial score (nSPS) is 15.7. The van der Waals surface area contributed by atoms with E-state index in [9.17, 15) is 9.59 Å². The van der Waals surface area contributed by atoms with Gasteiger partial charge >= 0.3 is 0 Å². The number of rotatable bonds is 6. The number of hydrogen-bond acceptors (Lipinski definition) is 4. The van der Waals surface area contributed by atoms with Gasteiger partial charge in [-0.1, -0.05) is 36.4 Å². The Labute approximate surface area is 175 Å². The third kappa shape index (κ3) is 4.64. The molecule has 0 spiro atoms. The van der Waals surface area contributed by atoms with Crippen LogP contribution in [0, 0.1) is 5.92 Å². The lowest BCUT2D eigenvalue weighted by atomic mass is 9.95. The first-order valence-electron chi connectivity index (χ1n) is 10.3. The molecule has 0 bridgehead atoms. The van der Waals surface area contributed by atoms with Gasteiger partial charge in [-0.3, -0.25) is 9.59 Å². The lowest BCUT2D eigenvalue weighted by molar-refractivity contribution is -0.137. The fraction of sp³-hybridized carbons (Fsp3) is 0.333. The van der Waals surface area contributed by atoms with E-state index in [4.69, 9.17) is 9.15 Å². The van der Waals surface area contributed by atoms with Crippen molar-refractivity contribution in [2.45, 2.75) is 25.8 Å². The fourth-order valence-corrected chi connectivity index (χ4v) is 3.76. The second-order valence-corrected chi connectivity index (χ2v) is 7.67. The number of fused-ring (bicyclic) bond motifs is 1. The summed E-state index contributed by atoms with van der Waals surface area (Å²) in [5.74, 6) is 1.29. The number of para-hydroxylation sites is 2. The van der Waals surface area contributed by atoms with E-state index in [1.165, 1.54) is 0 Å². The van der Waals surface area contributed by atoms with Crippen LogP contribution in [-0.2, 0) is 9.59 Å². The van der Waals surface area contributed by atoms with Crippen LogP contribution >= 0.6 is 0 Å². The highest BCUT2D eigenvalue weighted by molar-refractivity contribution is 5.81. The third-order valence-electron chi connectivity index (χ3n) is 5.55. The number of furan rings is 1. The average molecular weight is 406 g/mol. The maximum atomic E-state index is 12.7. The number of nitrogens with zero attached hydrogens (tertiary/aromatic N) is 1. The van der Waals surface area contributed by atoms with Crippen molar-refractivity contribution in [1.82, 2.24) is 10.2 Å². The lowest BCUT2D eigenvalue weighted by Gasteiger charge is -2.31. The molecule has 0 saturated carbocycles. The standard InChI is InChI=1S/C24H26N2O4/c1-17(22-15-19-7-5-6-10-21(19)30-22)25-24(28)18-11-13-26(14-12-18)23(27)16-29-20-8-3-2-4-9-20/h2-10,15,17-18H,11-14,16H2,1H3,(H,25,28). The molecule has 156 valence electrons. The Balaban J connectivity index is 1.25. The Morgan fingerprint density at radius 2 is 1.80 bits per heavy atom. The number of nitrogens with one attached hydrogen (secondary N) is 1. The highest BCUT2D eigenvalue weighted by atomic mass is 16.5. The summed E-state index contributed by atoms with van der Waals surface area (Å²) < 4.78 is 11.4. The van der Waals surface area contributed by atoms with Crippen molar-refractivity contribution in [3.63, 3.8) is 0 Å². The van der Waals surface area contributed by atoms with E-state index in [-0.39, 0.29) is 30.4 Å². The van der Waals surface area contributed by atoms with Crippen molar-refractivity contribution in [2.75, 3.05) is 19.7 Å². The van der Waals surface area contributed by atoms with Crippen molar-refractivity contribution < 1.29 is 18.7 Å². The molecular formula is C24H26N2O4. The molecule has 0 aliphatic carbocycles. The van der Waals surface area contributed by atoms with Crippen molar-refractivity contribution >= 4 is 22.8 Å². The zero-order valence-electron chi connectivity index (χ0n) is 17.0. The summed E-state index contributed by atoms with van der Waals surface area (Å²) in [6, 6.07) is 18.9. The van der Waals surface area contributed by atoms with E-state index in [0.29, 0.717) is 31.7 Å². The summed E-state index contributed by atoms with van der Waals surface area (Å²) >= 11 is 0. The van der Waals surface area contributed by atoms with E-state index in [1.807, 2.05) is 67.6 Å². The largest absolute Gasteiger partial charge is 0.484 e. The minimum absolute atomic E-state index is 0.00981. The maximum Gasteiger partial charge on any atom is 0.260 e. The van der Waals surface area contributed by atoms with Crippen molar-refractivity contribution in [1.29, 1.82) is 0 Å². The Morgan fingerprint density at radius 3 is 2.53 bits per heavy atom. The van der Waals surface area contributed by atoms with Gasteiger partial charge in [-0.2, -0.15) is 0 Å². The number of carbonyl (C=O) groups is 2. The monoisotopic (exact) mass is 406 g/mol. The first-order chi connectivity index (χ1) is 14.6. The molecule has 2 amide bonds. The molecule has 6 nitrogen and oxygen atoms in total. The molecular weight excluding hydrogens is 380 g/mol. The van der Waals surface area contributed by atoms with Crippen molar-refractivity contribution in [3.8, 4) is 5.75 Å². The SMILES string of the molecule is CC(NC(=O)C1CCN(C(=O)COc2ccccc2)CC1)c1cc2ccccc2o1. The van der Waals surface area contributed by atoms with E-state index in [0.717, 1.165) is 16.7 Å². The molecule has 0 radical (unpaired) electrons. The summed E-state index contributed by atoms with van der Waals surface area (Å²) in [6.07, 6.45) is 1.30. The van der Waals surface area contributed by atoms with Gasteiger partial charge in [-0.15, -0.1) is 0 Å². The molecule has 3 aromatic rings. The first kappa shape index (κ1) is 20.0. The van der Waals surface area contributed by atoms with Crippen LogP contribution in [0.5, 0.6) is 5.75 Å². The van der Waals surface area contributed by atoms with Crippen LogP contribution < -0.4 is 10.1 Å². The summed E-state index contributed by atoms with van der Waals surface area (Å²) in [5.41, 5.74) is 0.818. The number of ether oxygens (including phenoxy) is 1. The number of carbonyl (C=O) groups excluding carboxylic acids is 2. The van der Waals surface area contributed by atoms with Crippen LogP contribution in [0.3, 0.4) is 0 Å². The molecule has 1 aliphatic rings. The molecule has 1 fully saturated rings. The Morgan fingerprint density at radius 1 is 1.10 bits per heavy atom. The summed E-state index contributed by atoms with van der Waals surface area (Å²) in [6.45, 7) is 3.07. The van der Waals surface area contributed by atoms with Crippen molar-refractivity contribution in [2.24, 2.45) is 5.92 Å². The average Bonchev–Trinajstić information content (AvgIpc) is 3.23. The zero-order valence-corrected chi connectivity index (χ0v) is 17.0. The topological polar surface area (TPSA) is 71.8 Å². The smallest absolute Gasteiger partial charge is 0.260 e. The van der Waals surface area contributed by atoms with Crippen molar-refractivity contribution in [3.05, 3.63) is 66.4 Å². The molecule has 4 rings (SSSR count). The van der Waals surface area contributed by atoms with E-state index in [2.05, 4.69) is 5.32 Å². The van der Waals surface area contributed by atoms with Crippen LogP contribution in [-0.4, -0.2) is 36.4 Å². The summed E-state index contributed by atoms with van der Waals surface area (Å²) in [4.78, 5) is 26.9. The van der Waals surface area contributed by atoms with Crippen LogP contribution in [0.1, 0.15) is 31.6 Å². The van der Waals surface area contributed by atoms with Gasteiger partial charge in [0.15, 0.2) is 6.61 Å². The predicted molar refractivity (Wildman–Crippen MR) is 114 cm³/mol. The number of amides is 2. The quantitative estimate of drug-likeness (QED) is 0.673. The third-order valence-corrected chi connectivity index (χ3v) is 5.55. The van der Waals surface area contributed by atoms with Crippen LogP contribution in [0.15, 0.2) is 65.1 Å². The lowest BCUT2D eigenvalue weighted by Crippen LogP contribution is -2.44. The maximum absolute atomic E-state index is 12.7. The van der Waals surface area contributed by atoms with Gasteiger partial charge in [0.1, 0.15) is 17.1 Å². The molecule has 1 aromatic heterocycles. The van der Waals surface area contributed by atoms with Gasteiger partial charge in [0.05, 0.1) is 6.04 Å². The van der Waals surface area contributed by atoms with Gasteiger partial charge in [-0.05, 0) is 44.0 Å². The van der Waals surface area contributed by atoms with E-state index >= 15 is 0 Å². The molecule has 1 N–H and O–H groups in total. The summed E-state index contributed by atoms with van der Waals surface area (Å²) in [7, 11) is 0. The highest BCUT2D eigenvalue weighted by Gasteiger charge is 2.28. The predicted octanol–water partition coefficient (Wildman–Crippen LogP) is 3.93. The molecule has 1 unspecified atom stereocenters. The van der Waals surface area contributed by atoms with Gasteiger partial charge < -0.3 is 19.4 Å². The van der Waals surface area contributed by atoms with Gasteiger partial charge in [0, 0.05) is 24.4 Å². The highest BCUT2D eigenvalue weighted by Crippen LogP contribution is 2.25. The number of piperidine rings is 1. The Kier molecular flexibility index (Phi) is 6.02. The van der Waals surface area contributed by atoms with Crippen LogP contribution in [0.4, 0.5) is 0 Å². The molecule has 1 saturated heterocycles.